The molecule has 2 aromatic rings. The summed E-state index contributed by atoms with van der Waals surface area (Å²) >= 11 is 0. The molecule has 5 saturated heterocycles. The van der Waals surface area contributed by atoms with Gasteiger partial charge in [0.15, 0.2) is 31.5 Å². The van der Waals surface area contributed by atoms with Crippen molar-refractivity contribution in [3.05, 3.63) is 71.8 Å². The predicted octanol–water partition coefficient (Wildman–Crippen LogP) is 6.13. The summed E-state index contributed by atoms with van der Waals surface area (Å²) in [5.41, 5.74) is 1.80. The van der Waals surface area contributed by atoms with Crippen molar-refractivity contribution in [2.75, 3.05) is 6.61 Å². The lowest BCUT2D eigenvalue weighted by Crippen LogP contribution is -2.67. The molecule has 0 saturated carbocycles. The highest BCUT2D eigenvalue weighted by molar-refractivity contribution is 5.73. The van der Waals surface area contributed by atoms with Crippen LogP contribution in [0.1, 0.15) is 120 Å². The van der Waals surface area contributed by atoms with Gasteiger partial charge in [-0.3, -0.25) is 9.59 Å². The minimum atomic E-state index is -1.42. The average Bonchev–Trinajstić information content (AvgIpc) is 3.43. The van der Waals surface area contributed by atoms with Crippen LogP contribution in [-0.2, 0) is 74.9 Å². The molecule has 2 amide bonds. The molecule has 5 aliphatic heterocycles. The summed E-state index contributed by atoms with van der Waals surface area (Å²) in [7, 11) is 0. The quantitative estimate of drug-likeness (QED) is 0.0949. The van der Waals surface area contributed by atoms with Crippen LogP contribution in [0.5, 0.6) is 0 Å². The van der Waals surface area contributed by atoms with Crippen molar-refractivity contribution in [2.45, 2.75) is 239 Å². The number of hydrogen-bond donors (Lipinski definition) is 5. The van der Waals surface area contributed by atoms with E-state index in [0.29, 0.717) is 25.7 Å². The predicted molar refractivity (Wildman–Crippen MR) is 280 cm³/mol. The number of rotatable bonds is 21. The lowest BCUT2D eigenvalue weighted by Gasteiger charge is -2.52. The van der Waals surface area contributed by atoms with Crippen LogP contribution in [-0.4, -0.2) is 151 Å². The molecule has 2 aromatic carbocycles. The lowest BCUT2D eigenvalue weighted by atomic mass is 9.82. The summed E-state index contributed by atoms with van der Waals surface area (Å²) in [4.78, 5) is 25.9. The van der Waals surface area contributed by atoms with Gasteiger partial charge >= 0.3 is 0 Å². The molecule has 5 N–H and O–H groups in total. The van der Waals surface area contributed by atoms with Crippen LogP contribution in [0.3, 0.4) is 0 Å². The highest BCUT2D eigenvalue weighted by Crippen LogP contribution is 2.41. The van der Waals surface area contributed by atoms with Crippen LogP contribution in [0.2, 0.25) is 0 Å². The number of amides is 2. The van der Waals surface area contributed by atoms with E-state index in [1.807, 2.05) is 123 Å². The van der Waals surface area contributed by atoms with E-state index >= 15 is 0 Å². The third-order valence-electron chi connectivity index (χ3n) is 17.0. The zero-order valence-corrected chi connectivity index (χ0v) is 46.8. The SMILES string of the molecule is CCC1O[C@H](OCC2O[C@@H](O[C@@H]3C(CC)O[C@@H](O[C@@H]4C(CC)O[C@@H](OCc5ccccc5)C(NC(C)=O)[C@H]4C)C(NC(C)=O)[C@H]3C)C(OCc3ccccc3)[C@@H](O[C@@H]3OC(CC)[C@H](C)C(C)[C@@H]3O)[C@@H]2O)[C@H](O)C(C)[C@@H]1C. The summed E-state index contributed by atoms with van der Waals surface area (Å²) in [6.45, 7) is 23.0. The van der Waals surface area contributed by atoms with E-state index in [1.165, 1.54) is 13.8 Å². The molecule has 5 fully saturated rings. The van der Waals surface area contributed by atoms with Gasteiger partial charge in [0.1, 0.15) is 36.6 Å². The van der Waals surface area contributed by atoms with E-state index in [4.69, 9.17) is 52.1 Å². The molecule has 5 aliphatic rings. The van der Waals surface area contributed by atoms with Crippen molar-refractivity contribution < 1.29 is 77.0 Å². The third-order valence-corrected chi connectivity index (χ3v) is 17.0. The molecule has 18 nitrogen and oxygen atoms in total. The van der Waals surface area contributed by atoms with Crippen LogP contribution < -0.4 is 10.6 Å². The second-order valence-electron chi connectivity index (χ2n) is 22.1. The molecule has 0 aliphatic carbocycles. The average molecular weight is 1070 g/mol. The second-order valence-corrected chi connectivity index (χ2v) is 22.1. The van der Waals surface area contributed by atoms with Crippen molar-refractivity contribution in [2.24, 2.45) is 35.5 Å². The van der Waals surface area contributed by atoms with Crippen LogP contribution in [0.25, 0.3) is 0 Å². The van der Waals surface area contributed by atoms with E-state index in [-0.39, 0.29) is 73.4 Å². The number of benzene rings is 2. The maximum atomic E-state index is 13.2. The standard InChI is InChI=1S/C58H90N2O16/c1-13-40-30(5)32(7)47(63)56(69-40)68-29-44-49(65)52(76-57-48(64)33(8)31(6)41(14-2)70-57)53(66-27-38-23-19-17-20-24-38)58(73-44)75-51-35(10)46(60-37(12)62)55(72-43(51)16-4)74-50-34(9)45(59-36(11)61)54(71-42(50)15-3)67-28-39-25-21-18-22-26-39/h17-26,30-35,40-58,63-65H,13-16,27-29H2,1-12H3,(H,59,61)(H,60,62)/t30-,31+,32?,33?,34+,35+,40?,41?,42?,43?,44?,45?,46?,47+,48-,49+,50-,51-,52-,53?,54+,55-,56-,57-,58-/m0/s1. The van der Waals surface area contributed by atoms with Gasteiger partial charge in [-0.25, -0.2) is 0 Å². The Kier molecular flexibility index (Phi) is 22.1. The van der Waals surface area contributed by atoms with Gasteiger partial charge in [0.05, 0.1) is 68.5 Å². The Morgan fingerprint density at radius 1 is 0.434 bits per heavy atom. The number of carbonyl (C=O) groups is 2. The fourth-order valence-corrected chi connectivity index (χ4v) is 11.8. The van der Waals surface area contributed by atoms with Gasteiger partial charge in [0.25, 0.3) is 0 Å². The van der Waals surface area contributed by atoms with Crippen molar-refractivity contribution in [3.8, 4) is 0 Å². The number of nitrogens with one attached hydrogen (secondary N) is 2. The molecule has 18 heteroatoms. The molecule has 10 unspecified atom stereocenters. The van der Waals surface area contributed by atoms with Crippen LogP contribution in [0.4, 0.5) is 0 Å². The minimum Gasteiger partial charge on any atom is -0.388 e. The molecule has 7 rings (SSSR count). The molecule has 76 heavy (non-hydrogen) atoms. The van der Waals surface area contributed by atoms with Gasteiger partial charge < -0.3 is 78.1 Å². The van der Waals surface area contributed by atoms with Crippen molar-refractivity contribution in [1.82, 2.24) is 10.6 Å². The molecular formula is C58H90N2O16. The molecule has 5 heterocycles. The largest absolute Gasteiger partial charge is 0.388 e. The minimum absolute atomic E-state index is 0.0279. The number of aliphatic hydroxyl groups excluding tert-OH is 3. The molecular weight excluding hydrogens is 981 g/mol. The number of carbonyl (C=O) groups excluding carboxylic acids is 2. The first-order valence-electron chi connectivity index (χ1n) is 28.1. The Bertz CT molecular complexity index is 2070. The smallest absolute Gasteiger partial charge is 0.217 e. The van der Waals surface area contributed by atoms with Gasteiger partial charge in [0.2, 0.25) is 11.8 Å². The maximum Gasteiger partial charge on any atom is 0.217 e. The van der Waals surface area contributed by atoms with Crippen molar-refractivity contribution in [1.29, 1.82) is 0 Å². The number of ether oxygens (including phenoxy) is 11. The first-order valence-corrected chi connectivity index (χ1v) is 28.1. The molecule has 0 spiro atoms. The lowest BCUT2D eigenvalue weighted by molar-refractivity contribution is -0.381. The third kappa shape index (κ3) is 14.2. The highest BCUT2D eigenvalue weighted by Gasteiger charge is 2.56. The van der Waals surface area contributed by atoms with Crippen LogP contribution in [0.15, 0.2) is 60.7 Å². The Balaban J connectivity index is 1.19. The zero-order chi connectivity index (χ0) is 55.0. The summed E-state index contributed by atoms with van der Waals surface area (Å²) in [5.74, 6) is -1.63. The summed E-state index contributed by atoms with van der Waals surface area (Å²) in [5, 5.41) is 41.9. The molecule has 0 radical (unpaired) electrons. The van der Waals surface area contributed by atoms with Gasteiger partial charge in [-0.05, 0) is 60.5 Å². The summed E-state index contributed by atoms with van der Waals surface area (Å²) in [6.07, 6.45) is -12.6. The Morgan fingerprint density at radius 2 is 0.842 bits per heavy atom. The first kappa shape index (κ1) is 60.5. The Hall–Kier alpha value is -3.18. The van der Waals surface area contributed by atoms with Crippen LogP contribution in [0, 0.1) is 35.5 Å². The maximum absolute atomic E-state index is 13.2. The van der Waals surface area contributed by atoms with Crippen molar-refractivity contribution >= 4 is 11.8 Å². The topological polar surface area (TPSA) is 220 Å². The number of aliphatic hydroxyl groups is 3. The Morgan fingerprint density at radius 3 is 1.34 bits per heavy atom. The Labute approximate surface area is 450 Å². The molecule has 25 atom stereocenters. The summed E-state index contributed by atoms with van der Waals surface area (Å²) < 4.78 is 73.7. The van der Waals surface area contributed by atoms with Gasteiger partial charge in [-0.1, -0.05) is 130 Å². The molecule has 0 bridgehead atoms. The van der Waals surface area contributed by atoms with Crippen molar-refractivity contribution in [3.63, 3.8) is 0 Å². The molecule has 0 aromatic heterocycles. The van der Waals surface area contributed by atoms with E-state index in [0.717, 1.165) is 11.1 Å². The first-order chi connectivity index (χ1) is 36.4. The molecule has 428 valence electrons. The number of hydrogen-bond acceptors (Lipinski definition) is 16. The van der Waals surface area contributed by atoms with Gasteiger partial charge in [0, 0.05) is 25.7 Å². The van der Waals surface area contributed by atoms with E-state index in [9.17, 15) is 24.9 Å². The second kappa shape index (κ2) is 27.8. The normalized spacial score (nSPS) is 42.0. The summed E-state index contributed by atoms with van der Waals surface area (Å²) in [6, 6.07) is 18.0. The van der Waals surface area contributed by atoms with E-state index in [1.54, 1.807) is 0 Å². The van der Waals surface area contributed by atoms with Gasteiger partial charge in [-0.2, -0.15) is 0 Å². The van der Waals surface area contributed by atoms with Gasteiger partial charge in [-0.15, -0.1) is 0 Å². The monoisotopic (exact) mass is 1070 g/mol. The fraction of sp³-hybridized carbons (Fsp3) is 0.759. The fourth-order valence-electron chi connectivity index (χ4n) is 11.8. The van der Waals surface area contributed by atoms with E-state index in [2.05, 4.69) is 17.6 Å². The van der Waals surface area contributed by atoms with Crippen LogP contribution >= 0.6 is 0 Å². The zero-order valence-electron chi connectivity index (χ0n) is 46.8. The highest BCUT2D eigenvalue weighted by atomic mass is 16.8. The van der Waals surface area contributed by atoms with E-state index < -0.39 is 110 Å².